The Kier molecular flexibility index (Phi) is 6.79. The third kappa shape index (κ3) is 5.01. The highest BCUT2D eigenvalue weighted by molar-refractivity contribution is 4.83. The maximum Gasteiger partial charge on any atom is 0.0220 e. The summed E-state index contributed by atoms with van der Waals surface area (Å²) in [6.45, 7) is 5.16. The Morgan fingerprint density at radius 2 is 1.70 bits per heavy atom. The van der Waals surface area contributed by atoms with Crippen LogP contribution >= 0.6 is 0 Å². The minimum absolute atomic E-state index is 0.723. The molecule has 1 heterocycles. The fraction of sp³-hybridized carbons (Fsp3) is 1.00. The van der Waals surface area contributed by atoms with Crippen LogP contribution in [0.15, 0.2) is 0 Å². The lowest BCUT2D eigenvalue weighted by Crippen LogP contribution is -2.47. The number of rotatable bonds is 6. The Morgan fingerprint density at radius 1 is 1.05 bits per heavy atom. The van der Waals surface area contributed by atoms with Crippen LogP contribution in [0.25, 0.3) is 0 Å². The predicted octanol–water partition coefficient (Wildman–Crippen LogP) is 2.43. The summed E-state index contributed by atoms with van der Waals surface area (Å²) in [6.07, 6.45) is 10.0. The molecule has 1 aliphatic carbocycles. The first kappa shape index (κ1) is 16.3. The molecule has 1 N–H and O–H groups in total. The fourth-order valence-corrected chi connectivity index (χ4v) is 4.16. The van der Waals surface area contributed by atoms with Crippen LogP contribution in [0.2, 0.25) is 0 Å². The van der Waals surface area contributed by atoms with Crippen LogP contribution in [0.3, 0.4) is 0 Å². The zero-order valence-electron chi connectivity index (χ0n) is 13.9. The van der Waals surface area contributed by atoms with Crippen molar-refractivity contribution in [3.63, 3.8) is 0 Å². The van der Waals surface area contributed by atoms with E-state index in [2.05, 4.69) is 36.3 Å². The molecule has 20 heavy (non-hydrogen) atoms. The summed E-state index contributed by atoms with van der Waals surface area (Å²) in [5.74, 6) is 1.84. The van der Waals surface area contributed by atoms with Crippen molar-refractivity contribution in [3.8, 4) is 0 Å². The summed E-state index contributed by atoms with van der Waals surface area (Å²) in [7, 11) is 6.57. The summed E-state index contributed by atoms with van der Waals surface area (Å²) >= 11 is 0. The Labute approximate surface area is 126 Å². The van der Waals surface area contributed by atoms with Gasteiger partial charge in [-0.3, -0.25) is 0 Å². The normalized spacial score (nSPS) is 25.2. The third-order valence-corrected chi connectivity index (χ3v) is 5.38. The van der Waals surface area contributed by atoms with E-state index >= 15 is 0 Å². The Balaban J connectivity index is 1.72. The zero-order chi connectivity index (χ0) is 14.4. The molecule has 0 bridgehead atoms. The number of nitrogens with one attached hydrogen (secondary N) is 1. The molecule has 0 aromatic carbocycles. The zero-order valence-corrected chi connectivity index (χ0v) is 13.9. The van der Waals surface area contributed by atoms with Gasteiger partial charge in [-0.05, 0) is 71.8 Å². The van der Waals surface area contributed by atoms with Gasteiger partial charge in [-0.15, -0.1) is 0 Å². The lowest BCUT2D eigenvalue weighted by molar-refractivity contribution is 0.132. The van der Waals surface area contributed by atoms with Crippen molar-refractivity contribution >= 4 is 0 Å². The van der Waals surface area contributed by atoms with Crippen molar-refractivity contribution in [1.29, 1.82) is 0 Å². The van der Waals surface area contributed by atoms with E-state index in [-0.39, 0.29) is 0 Å². The Bertz CT molecular complexity index is 253. The molecule has 2 rings (SSSR count). The maximum atomic E-state index is 3.61. The highest BCUT2D eigenvalue weighted by atomic mass is 15.2. The number of hydrogen-bond donors (Lipinski definition) is 1. The molecule has 1 unspecified atom stereocenters. The smallest absolute Gasteiger partial charge is 0.0220 e. The molecular formula is C17H35N3. The van der Waals surface area contributed by atoms with Gasteiger partial charge in [0.2, 0.25) is 0 Å². The van der Waals surface area contributed by atoms with Gasteiger partial charge in [0.15, 0.2) is 0 Å². The quantitative estimate of drug-likeness (QED) is 0.807. The Hall–Kier alpha value is -0.120. The average Bonchev–Trinajstić information content (AvgIpc) is 2.47. The van der Waals surface area contributed by atoms with E-state index in [4.69, 9.17) is 0 Å². The number of likely N-dealkylation sites (N-methyl/N-ethyl adjacent to an activating group) is 1. The maximum absolute atomic E-state index is 3.61. The standard InChI is InChI=1S/C17H35N3/c1-18-17(16-7-5-4-6-8-16)14-20-11-9-15(10-12-20)13-19(2)3/h15-18H,4-14H2,1-3H3. The van der Waals surface area contributed by atoms with Crippen molar-refractivity contribution in [2.24, 2.45) is 11.8 Å². The molecule has 2 aliphatic rings. The number of hydrogen-bond acceptors (Lipinski definition) is 3. The molecule has 0 aromatic heterocycles. The molecule has 0 spiro atoms. The first-order valence-corrected chi connectivity index (χ1v) is 8.73. The number of likely N-dealkylation sites (tertiary alicyclic amines) is 1. The van der Waals surface area contributed by atoms with Crippen LogP contribution in [-0.2, 0) is 0 Å². The highest BCUT2D eigenvalue weighted by Crippen LogP contribution is 2.27. The predicted molar refractivity (Wildman–Crippen MR) is 87.1 cm³/mol. The van der Waals surface area contributed by atoms with Gasteiger partial charge in [0, 0.05) is 19.1 Å². The molecule has 1 saturated carbocycles. The molecule has 0 radical (unpaired) electrons. The topological polar surface area (TPSA) is 18.5 Å². The molecule has 0 aromatic rings. The molecule has 1 saturated heterocycles. The second kappa shape index (κ2) is 8.35. The largest absolute Gasteiger partial charge is 0.315 e. The lowest BCUT2D eigenvalue weighted by Gasteiger charge is -2.38. The second-order valence-corrected chi connectivity index (χ2v) is 7.30. The van der Waals surface area contributed by atoms with Gasteiger partial charge >= 0.3 is 0 Å². The van der Waals surface area contributed by atoms with E-state index in [0.717, 1.165) is 17.9 Å². The van der Waals surface area contributed by atoms with Crippen molar-refractivity contribution in [1.82, 2.24) is 15.1 Å². The SMILES string of the molecule is CNC(CN1CCC(CN(C)C)CC1)C1CCCCC1. The van der Waals surface area contributed by atoms with Gasteiger partial charge in [0.05, 0.1) is 0 Å². The first-order valence-electron chi connectivity index (χ1n) is 8.73. The van der Waals surface area contributed by atoms with E-state index < -0.39 is 0 Å². The molecule has 3 nitrogen and oxygen atoms in total. The summed E-state index contributed by atoms with van der Waals surface area (Å²) in [5.41, 5.74) is 0. The molecular weight excluding hydrogens is 246 g/mol. The van der Waals surface area contributed by atoms with Crippen LogP contribution in [0.4, 0.5) is 0 Å². The van der Waals surface area contributed by atoms with Gasteiger partial charge in [-0.2, -0.15) is 0 Å². The minimum atomic E-state index is 0.723. The summed E-state index contributed by atoms with van der Waals surface area (Å²) in [4.78, 5) is 5.06. The summed E-state index contributed by atoms with van der Waals surface area (Å²) in [5, 5.41) is 3.61. The summed E-state index contributed by atoms with van der Waals surface area (Å²) in [6, 6.07) is 0.723. The second-order valence-electron chi connectivity index (χ2n) is 7.30. The number of nitrogens with zero attached hydrogens (tertiary/aromatic N) is 2. The lowest BCUT2D eigenvalue weighted by atomic mass is 9.83. The van der Waals surface area contributed by atoms with E-state index in [0.29, 0.717) is 0 Å². The fourth-order valence-electron chi connectivity index (χ4n) is 4.16. The van der Waals surface area contributed by atoms with E-state index in [1.54, 1.807) is 0 Å². The van der Waals surface area contributed by atoms with Crippen molar-refractivity contribution in [2.45, 2.75) is 51.0 Å². The van der Waals surface area contributed by atoms with Gasteiger partial charge in [-0.25, -0.2) is 0 Å². The van der Waals surface area contributed by atoms with E-state index in [1.807, 2.05) is 0 Å². The molecule has 1 atom stereocenters. The monoisotopic (exact) mass is 281 g/mol. The third-order valence-electron chi connectivity index (χ3n) is 5.38. The Morgan fingerprint density at radius 3 is 2.25 bits per heavy atom. The molecule has 1 aliphatic heterocycles. The van der Waals surface area contributed by atoms with Gasteiger partial charge in [0.1, 0.15) is 0 Å². The van der Waals surface area contributed by atoms with Gasteiger partial charge in [0.25, 0.3) is 0 Å². The van der Waals surface area contributed by atoms with Crippen molar-refractivity contribution < 1.29 is 0 Å². The molecule has 118 valence electrons. The van der Waals surface area contributed by atoms with E-state index in [1.165, 1.54) is 71.1 Å². The minimum Gasteiger partial charge on any atom is -0.315 e. The van der Waals surface area contributed by atoms with Gasteiger partial charge < -0.3 is 15.1 Å². The number of piperidine rings is 1. The first-order chi connectivity index (χ1) is 9.69. The molecule has 3 heteroatoms. The van der Waals surface area contributed by atoms with Crippen molar-refractivity contribution in [2.75, 3.05) is 47.3 Å². The average molecular weight is 281 g/mol. The highest BCUT2D eigenvalue weighted by Gasteiger charge is 2.26. The van der Waals surface area contributed by atoms with Crippen LogP contribution in [0, 0.1) is 11.8 Å². The van der Waals surface area contributed by atoms with Crippen LogP contribution in [-0.4, -0.2) is 63.2 Å². The van der Waals surface area contributed by atoms with Crippen LogP contribution in [0.5, 0.6) is 0 Å². The molecule has 0 amide bonds. The van der Waals surface area contributed by atoms with E-state index in [9.17, 15) is 0 Å². The van der Waals surface area contributed by atoms with Crippen LogP contribution in [0.1, 0.15) is 44.9 Å². The summed E-state index contributed by atoms with van der Waals surface area (Å²) < 4.78 is 0. The van der Waals surface area contributed by atoms with Gasteiger partial charge in [-0.1, -0.05) is 19.3 Å². The van der Waals surface area contributed by atoms with Crippen LogP contribution < -0.4 is 5.32 Å². The van der Waals surface area contributed by atoms with Crippen molar-refractivity contribution in [3.05, 3.63) is 0 Å². The molecule has 2 fully saturated rings.